The number of imidazole rings is 1. The third-order valence-electron chi connectivity index (χ3n) is 5.07. The molecule has 2 N–H and O–H groups in total. The second-order valence-electron chi connectivity index (χ2n) is 6.91. The molecule has 0 bridgehead atoms. The summed E-state index contributed by atoms with van der Waals surface area (Å²) < 4.78 is 1.93. The largest absolute Gasteiger partial charge is 0.352 e. The van der Waals surface area contributed by atoms with E-state index in [-0.39, 0.29) is 30.7 Å². The summed E-state index contributed by atoms with van der Waals surface area (Å²) >= 11 is 0. The lowest BCUT2D eigenvalue weighted by molar-refractivity contribution is -0.122. The summed E-state index contributed by atoms with van der Waals surface area (Å²) in [6, 6.07) is 3.95. The molecule has 0 saturated carbocycles. The molecule has 6 nitrogen and oxygen atoms in total. The number of amides is 1. The standard InChI is InChI=1S/C19H27N5O.2ClH/c1-14(17-5-7-20-8-6-17)11-19(25)23-13-16-3-4-18(22-12-16)24-10-9-21-15(24)2;;/h3-4,9-10,12,14,17,20H,5-8,11,13H2,1-2H3,(H,23,25);2*1H. The number of hydrogen-bond donors (Lipinski definition) is 2. The first-order valence-electron chi connectivity index (χ1n) is 9.06. The monoisotopic (exact) mass is 413 g/mol. The zero-order chi connectivity index (χ0) is 17.6. The van der Waals surface area contributed by atoms with E-state index in [4.69, 9.17) is 0 Å². The molecule has 0 spiro atoms. The molecule has 3 rings (SSSR count). The van der Waals surface area contributed by atoms with Crippen LogP contribution in [-0.4, -0.2) is 33.5 Å². The van der Waals surface area contributed by atoms with Crippen LogP contribution in [-0.2, 0) is 11.3 Å². The summed E-state index contributed by atoms with van der Waals surface area (Å²) in [7, 11) is 0. The summed E-state index contributed by atoms with van der Waals surface area (Å²) in [6.07, 6.45) is 8.41. The molecule has 1 aliphatic heterocycles. The summed E-state index contributed by atoms with van der Waals surface area (Å²) in [4.78, 5) is 20.9. The zero-order valence-corrected chi connectivity index (χ0v) is 17.5. The number of nitrogens with one attached hydrogen (secondary N) is 2. The Morgan fingerprint density at radius 2 is 2.04 bits per heavy atom. The van der Waals surface area contributed by atoms with Crippen molar-refractivity contribution in [2.75, 3.05) is 13.1 Å². The molecule has 0 radical (unpaired) electrons. The highest BCUT2D eigenvalue weighted by Crippen LogP contribution is 2.24. The second kappa shape index (κ2) is 11.3. The number of hydrogen-bond acceptors (Lipinski definition) is 4. The van der Waals surface area contributed by atoms with E-state index in [2.05, 4.69) is 27.5 Å². The Labute approximate surface area is 173 Å². The van der Waals surface area contributed by atoms with Gasteiger partial charge in [-0.05, 0) is 56.3 Å². The van der Waals surface area contributed by atoms with Gasteiger partial charge in [0.1, 0.15) is 11.6 Å². The number of aryl methyl sites for hydroxylation is 1. The van der Waals surface area contributed by atoms with Gasteiger partial charge in [-0.15, -0.1) is 24.8 Å². The highest BCUT2D eigenvalue weighted by molar-refractivity contribution is 5.85. The van der Waals surface area contributed by atoms with Gasteiger partial charge in [-0.25, -0.2) is 9.97 Å². The number of halogens is 2. The maximum absolute atomic E-state index is 12.2. The van der Waals surface area contributed by atoms with Gasteiger partial charge in [0, 0.05) is 31.6 Å². The van der Waals surface area contributed by atoms with E-state index < -0.39 is 0 Å². The maximum atomic E-state index is 12.2. The predicted molar refractivity (Wildman–Crippen MR) is 112 cm³/mol. The molecule has 2 aromatic rings. The lowest BCUT2D eigenvalue weighted by Gasteiger charge is -2.27. The molecular formula is C19H29Cl2N5O. The van der Waals surface area contributed by atoms with Gasteiger partial charge in [-0.2, -0.15) is 0 Å². The Kier molecular flexibility index (Phi) is 9.77. The molecule has 1 atom stereocenters. The van der Waals surface area contributed by atoms with E-state index in [9.17, 15) is 4.79 Å². The van der Waals surface area contributed by atoms with Crippen molar-refractivity contribution in [3.8, 4) is 5.82 Å². The maximum Gasteiger partial charge on any atom is 0.220 e. The third-order valence-corrected chi connectivity index (χ3v) is 5.07. The molecule has 150 valence electrons. The Bertz CT molecular complexity index is 698. The zero-order valence-electron chi connectivity index (χ0n) is 15.9. The van der Waals surface area contributed by atoms with Crippen molar-refractivity contribution in [3.63, 3.8) is 0 Å². The fourth-order valence-electron chi connectivity index (χ4n) is 3.43. The normalized spacial score (nSPS) is 15.3. The van der Waals surface area contributed by atoms with Crippen LogP contribution < -0.4 is 10.6 Å². The number of nitrogens with zero attached hydrogens (tertiary/aromatic N) is 3. The van der Waals surface area contributed by atoms with Gasteiger partial charge in [0.15, 0.2) is 0 Å². The minimum atomic E-state index is 0. The predicted octanol–water partition coefficient (Wildman–Crippen LogP) is 3.06. The molecule has 0 aliphatic carbocycles. The van der Waals surface area contributed by atoms with Crippen molar-refractivity contribution < 1.29 is 4.79 Å². The van der Waals surface area contributed by atoms with Crippen LogP contribution in [0.3, 0.4) is 0 Å². The van der Waals surface area contributed by atoms with Crippen LogP contribution in [0.5, 0.6) is 0 Å². The quantitative estimate of drug-likeness (QED) is 0.762. The molecule has 1 amide bonds. The van der Waals surface area contributed by atoms with E-state index in [1.54, 1.807) is 6.20 Å². The summed E-state index contributed by atoms with van der Waals surface area (Å²) in [5.74, 6) is 2.96. The Balaban J connectivity index is 0.00000182. The second-order valence-corrected chi connectivity index (χ2v) is 6.91. The van der Waals surface area contributed by atoms with Gasteiger partial charge in [0.05, 0.1) is 0 Å². The Morgan fingerprint density at radius 3 is 2.63 bits per heavy atom. The molecule has 1 saturated heterocycles. The fraction of sp³-hybridized carbons (Fsp3) is 0.526. The highest BCUT2D eigenvalue weighted by atomic mass is 35.5. The lowest BCUT2D eigenvalue weighted by atomic mass is 9.84. The average Bonchev–Trinajstić information content (AvgIpc) is 3.07. The molecule has 1 aliphatic rings. The van der Waals surface area contributed by atoms with Crippen LogP contribution in [0.15, 0.2) is 30.7 Å². The number of pyridine rings is 1. The van der Waals surface area contributed by atoms with Gasteiger partial charge >= 0.3 is 0 Å². The van der Waals surface area contributed by atoms with Gasteiger partial charge in [0.2, 0.25) is 5.91 Å². The average molecular weight is 414 g/mol. The van der Waals surface area contributed by atoms with Crippen LogP contribution in [0.4, 0.5) is 0 Å². The number of carbonyl (C=O) groups excluding carboxylic acids is 1. The molecule has 2 aromatic heterocycles. The van der Waals surface area contributed by atoms with E-state index in [0.29, 0.717) is 24.8 Å². The molecule has 3 heterocycles. The lowest BCUT2D eigenvalue weighted by Crippen LogP contribution is -2.33. The van der Waals surface area contributed by atoms with Gasteiger partial charge < -0.3 is 10.6 Å². The number of rotatable bonds is 6. The van der Waals surface area contributed by atoms with Crippen LogP contribution in [0.1, 0.15) is 37.6 Å². The minimum Gasteiger partial charge on any atom is -0.352 e. The summed E-state index contributed by atoms with van der Waals surface area (Å²) in [5, 5.41) is 6.40. The molecule has 27 heavy (non-hydrogen) atoms. The van der Waals surface area contributed by atoms with Crippen molar-refractivity contribution in [2.24, 2.45) is 11.8 Å². The molecule has 1 fully saturated rings. The number of carbonyl (C=O) groups is 1. The topological polar surface area (TPSA) is 71.8 Å². The van der Waals surface area contributed by atoms with E-state index in [1.165, 1.54) is 12.8 Å². The molecule has 8 heteroatoms. The first kappa shape index (κ1) is 23.4. The van der Waals surface area contributed by atoms with Crippen LogP contribution in [0, 0.1) is 18.8 Å². The highest BCUT2D eigenvalue weighted by Gasteiger charge is 2.21. The van der Waals surface area contributed by atoms with Crippen LogP contribution in [0.25, 0.3) is 5.82 Å². The van der Waals surface area contributed by atoms with Crippen molar-refractivity contribution >= 4 is 30.7 Å². The van der Waals surface area contributed by atoms with E-state index >= 15 is 0 Å². The van der Waals surface area contributed by atoms with Crippen LogP contribution >= 0.6 is 24.8 Å². The van der Waals surface area contributed by atoms with Crippen LogP contribution in [0.2, 0.25) is 0 Å². The number of aromatic nitrogens is 3. The van der Waals surface area contributed by atoms with E-state index in [0.717, 1.165) is 30.3 Å². The SMILES string of the molecule is Cc1nccn1-c1ccc(CNC(=O)CC(C)C2CCNCC2)cn1.Cl.Cl. The van der Waals surface area contributed by atoms with Crippen molar-refractivity contribution in [2.45, 2.75) is 39.7 Å². The summed E-state index contributed by atoms with van der Waals surface area (Å²) in [6.45, 7) is 6.81. The van der Waals surface area contributed by atoms with Gasteiger partial charge in [-0.3, -0.25) is 9.36 Å². The van der Waals surface area contributed by atoms with Crippen molar-refractivity contribution in [1.29, 1.82) is 0 Å². The smallest absolute Gasteiger partial charge is 0.220 e. The third kappa shape index (κ3) is 6.48. The Hall–Kier alpha value is -1.63. The number of piperidine rings is 1. The van der Waals surface area contributed by atoms with Gasteiger partial charge in [-0.1, -0.05) is 13.0 Å². The van der Waals surface area contributed by atoms with Crippen molar-refractivity contribution in [1.82, 2.24) is 25.2 Å². The molecular weight excluding hydrogens is 385 g/mol. The molecule has 1 unspecified atom stereocenters. The first-order chi connectivity index (χ1) is 12.1. The molecule has 0 aromatic carbocycles. The summed E-state index contributed by atoms with van der Waals surface area (Å²) in [5.41, 5.74) is 1.00. The fourth-order valence-corrected chi connectivity index (χ4v) is 3.43. The Morgan fingerprint density at radius 1 is 1.30 bits per heavy atom. The first-order valence-corrected chi connectivity index (χ1v) is 9.06. The van der Waals surface area contributed by atoms with Gasteiger partial charge in [0.25, 0.3) is 0 Å². The van der Waals surface area contributed by atoms with Crippen molar-refractivity contribution in [3.05, 3.63) is 42.1 Å². The minimum absolute atomic E-state index is 0. The van der Waals surface area contributed by atoms with E-state index in [1.807, 2.05) is 36.0 Å².